The van der Waals surface area contributed by atoms with Gasteiger partial charge in [0.2, 0.25) is 5.82 Å². The monoisotopic (exact) mass is 271 g/mol. The van der Waals surface area contributed by atoms with Crippen molar-refractivity contribution in [1.82, 2.24) is 10.1 Å². The first kappa shape index (κ1) is 12.1. The normalized spacial score (nSPS) is 14.2. The van der Waals surface area contributed by atoms with Crippen molar-refractivity contribution in [3.05, 3.63) is 58.6 Å². The van der Waals surface area contributed by atoms with Crippen LogP contribution < -0.4 is 5.73 Å². The van der Waals surface area contributed by atoms with E-state index in [-0.39, 0.29) is 0 Å². The summed E-state index contributed by atoms with van der Waals surface area (Å²) in [5.41, 5.74) is 7.43. The molecule has 0 amide bonds. The van der Waals surface area contributed by atoms with Crippen molar-refractivity contribution in [2.45, 2.75) is 12.5 Å². The molecule has 4 nitrogen and oxygen atoms in total. The van der Waals surface area contributed by atoms with Crippen molar-refractivity contribution in [3.8, 4) is 11.4 Å². The molecule has 0 saturated heterocycles. The second-order valence-corrected chi connectivity index (χ2v) is 5.28. The van der Waals surface area contributed by atoms with E-state index in [1.807, 2.05) is 54.1 Å². The first-order chi connectivity index (χ1) is 9.18. The summed E-state index contributed by atoms with van der Waals surface area (Å²) in [5, 5.41) is 7.94. The van der Waals surface area contributed by atoms with Gasteiger partial charge in [0.15, 0.2) is 0 Å². The Hall–Kier alpha value is -1.98. The zero-order chi connectivity index (χ0) is 13.3. The molecule has 1 aromatic carbocycles. The van der Waals surface area contributed by atoms with Gasteiger partial charge < -0.3 is 10.3 Å². The van der Waals surface area contributed by atoms with Gasteiger partial charge in [0.05, 0.1) is 0 Å². The molecule has 0 aliphatic carbocycles. The maximum atomic E-state index is 6.33. The standard InChI is InChI=1S/C14H13N3OS/c1-14(15,11-5-3-2-4-6-11)13-16-12(17-18-13)10-7-8-19-9-10/h2-9H,15H2,1H3. The molecule has 0 aliphatic heterocycles. The highest BCUT2D eigenvalue weighted by atomic mass is 32.1. The molecule has 1 atom stereocenters. The third-order valence-electron chi connectivity index (χ3n) is 3.02. The fourth-order valence-corrected chi connectivity index (χ4v) is 2.49. The van der Waals surface area contributed by atoms with E-state index >= 15 is 0 Å². The summed E-state index contributed by atoms with van der Waals surface area (Å²) in [6.07, 6.45) is 0. The first-order valence-corrected chi connectivity index (χ1v) is 6.83. The van der Waals surface area contributed by atoms with Crippen LogP contribution in [-0.4, -0.2) is 10.1 Å². The highest BCUT2D eigenvalue weighted by Crippen LogP contribution is 2.27. The Labute approximate surface area is 114 Å². The molecule has 19 heavy (non-hydrogen) atoms. The van der Waals surface area contributed by atoms with Gasteiger partial charge in [-0.2, -0.15) is 16.3 Å². The molecule has 0 bridgehead atoms. The molecule has 2 aromatic heterocycles. The summed E-state index contributed by atoms with van der Waals surface area (Å²) in [6, 6.07) is 11.7. The Kier molecular flexibility index (Phi) is 2.93. The number of nitrogens with two attached hydrogens (primary N) is 1. The van der Waals surface area contributed by atoms with E-state index in [4.69, 9.17) is 10.3 Å². The molecule has 2 heterocycles. The van der Waals surface area contributed by atoms with Crippen molar-refractivity contribution >= 4 is 11.3 Å². The summed E-state index contributed by atoms with van der Waals surface area (Å²) in [5.74, 6) is 0.990. The van der Waals surface area contributed by atoms with Gasteiger partial charge >= 0.3 is 0 Å². The highest BCUT2D eigenvalue weighted by Gasteiger charge is 2.30. The Morgan fingerprint density at radius 2 is 2.00 bits per heavy atom. The van der Waals surface area contributed by atoms with E-state index in [0.29, 0.717) is 11.7 Å². The summed E-state index contributed by atoms with van der Waals surface area (Å²) >= 11 is 1.59. The van der Waals surface area contributed by atoms with E-state index in [1.54, 1.807) is 11.3 Å². The Bertz CT molecular complexity index is 659. The van der Waals surface area contributed by atoms with Crippen molar-refractivity contribution in [2.75, 3.05) is 0 Å². The third-order valence-corrected chi connectivity index (χ3v) is 3.71. The van der Waals surface area contributed by atoms with Crippen LogP contribution in [0.3, 0.4) is 0 Å². The van der Waals surface area contributed by atoms with Crippen molar-refractivity contribution in [2.24, 2.45) is 5.73 Å². The summed E-state index contributed by atoms with van der Waals surface area (Å²) < 4.78 is 5.33. The average Bonchev–Trinajstić information content (AvgIpc) is 3.10. The van der Waals surface area contributed by atoms with Gasteiger partial charge in [-0.3, -0.25) is 0 Å². The molecular formula is C14H13N3OS. The van der Waals surface area contributed by atoms with E-state index in [9.17, 15) is 0 Å². The number of hydrogen-bond donors (Lipinski definition) is 1. The van der Waals surface area contributed by atoms with Gasteiger partial charge in [0, 0.05) is 10.9 Å². The van der Waals surface area contributed by atoms with Crippen LogP contribution in [-0.2, 0) is 5.54 Å². The molecule has 3 rings (SSSR count). The van der Waals surface area contributed by atoms with Crippen LogP contribution >= 0.6 is 11.3 Å². The highest BCUT2D eigenvalue weighted by molar-refractivity contribution is 7.08. The van der Waals surface area contributed by atoms with E-state index < -0.39 is 5.54 Å². The summed E-state index contributed by atoms with van der Waals surface area (Å²) in [4.78, 5) is 4.40. The lowest BCUT2D eigenvalue weighted by atomic mass is 9.93. The van der Waals surface area contributed by atoms with Crippen LogP contribution in [0.1, 0.15) is 18.4 Å². The van der Waals surface area contributed by atoms with Crippen LogP contribution in [0.25, 0.3) is 11.4 Å². The Balaban J connectivity index is 1.99. The van der Waals surface area contributed by atoms with E-state index in [2.05, 4.69) is 10.1 Å². The van der Waals surface area contributed by atoms with Gasteiger partial charge in [0.25, 0.3) is 5.89 Å². The number of rotatable bonds is 3. The maximum absolute atomic E-state index is 6.33. The van der Waals surface area contributed by atoms with Crippen LogP contribution in [0.5, 0.6) is 0 Å². The van der Waals surface area contributed by atoms with Crippen molar-refractivity contribution < 1.29 is 4.52 Å². The Morgan fingerprint density at radius 3 is 2.68 bits per heavy atom. The summed E-state index contributed by atoms with van der Waals surface area (Å²) in [6.45, 7) is 1.87. The smallest absolute Gasteiger partial charge is 0.251 e. The minimum atomic E-state index is -0.789. The molecule has 2 N–H and O–H groups in total. The number of hydrogen-bond acceptors (Lipinski definition) is 5. The van der Waals surface area contributed by atoms with Gasteiger partial charge in [-0.05, 0) is 23.9 Å². The van der Waals surface area contributed by atoms with Crippen LogP contribution in [0, 0.1) is 0 Å². The molecule has 0 spiro atoms. The van der Waals surface area contributed by atoms with Crippen molar-refractivity contribution in [3.63, 3.8) is 0 Å². The van der Waals surface area contributed by atoms with Gasteiger partial charge in [-0.15, -0.1) is 0 Å². The molecule has 0 aliphatic rings. The van der Waals surface area contributed by atoms with Crippen molar-refractivity contribution in [1.29, 1.82) is 0 Å². The van der Waals surface area contributed by atoms with Gasteiger partial charge in [-0.25, -0.2) is 0 Å². The third kappa shape index (κ3) is 2.18. The maximum Gasteiger partial charge on any atom is 0.251 e. The minimum Gasteiger partial charge on any atom is -0.337 e. The van der Waals surface area contributed by atoms with E-state index in [0.717, 1.165) is 11.1 Å². The molecule has 0 saturated carbocycles. The quantitative estimate of drug-likeness (QED) is 0.795. The molecule has 1 unspecified atom stereocenters. The average molecular weight is 271 g/mol. The Morgan fingerprint density at radius 1 is 1.21 bits per heavy atom. The SMILES string of the molecule is CC(N)(c1ccccc1)c1nc(-c2ccsc2)no1. The van der Waals surface area contributed by atoms with Crippen LogP contribution in [0.2, 0.25) is 0 Å². The lowest BCUT2D eigenvalue weighted by molar-refractivity contribution is 0.325. The number of benzene rings is 1. The minimum absolute atomic E-state index is 0.417. The number of nitrogens with zero attached hydrogens (tertiary/aromatic N) is 2. The second-order valence-electron chi connectivity index (χ2n) is 4.50. The molecule has 96 valence electrons. The fraction of sp³-hybridized carbons (Fsp3) is 0.143. The zero-order valence-corrected chi connectivity index (χ0v) is 11.2. The lowest BCUT2D eigenvalue weighted by Gasteiger charge is -2.20. The second kappa shape index (κ2) is 4.60. The largest absolute Gasteiger partial charge is 0.337 e. The lowest BCUT2D eigenvalue weighted by Crippen LogP contribution is -2.34. The van der Waals surface area contributed by atoms with Crippen LogP contribution in [0.15, 0.2) is 51.7 Å². The predicted molar refractivity (Wildman–Crippen MR) is 74.7 cm³/mol. The van der Waals surface area contributed by atoms with Gasteiger partial charge in [-0.1, -0.05) is 35.5 Å². The molecule has 0 radical (unpaired) electrons. The number of aromatic nitrogens is 2. The van der Waals surface area contributed by atoms with E-state index in [1.165, 1.54) is 0 Å². The topological polar surface area (TPSA) is 64.9 Å². The molecule has 0 fully saturated rings. The summed E-state index contributed by atoms with van der Waals surface area (Å²) in [7, 11) is 0. The first-order valence-electron chi connectivity index (χ1n) is 5.89. The van der Waals surface area contributed by atoms with Crippen LogP contribution in [0.4, 0.5) is 0 Å². The molecule has 3 aromatic rings. The van der Waals surface area contributed by atoms with Gasteiger partial charge in [0.1, 0.15) is 5.54 Å². The number of thiophene rings is 1. The molecule has 5 heteroatoms. The fourth-order valence-electron chi connectivity index (χ4n) is 1.85. The molecular weight excluding hydrogens is 258 g/mol. The predicted octanol–water partition coefficient (Wildman–Crippen LogP) is 3.02. The zero-order valence-electron chi connectivity index (χ0n) is 10.4.